The fourth-order valence-electron chi connectivity index (χ4n) is 4.84. The largest absolute Gasteiger partial charge is 0.354 e. The summed E-state index contributed by atoms with van der Waals surface area (Å²) in [5.74, 6) is 1.34. The van der Waals surface area contributed by atoms with Gasteiger partial charge in [-0.15, -0.1) is 0 Å². The molecule has 1 amide bonds. The van der Waals surface area contributed by atoms with Crippen molar-refractivity contribution in [3.05, 3.63) is 46.1 Å². The highest BCUT2D eigenvalue weighted by Crippen LogP contribution is 2.35. The summed E-state index contributed by atoms with van der Waals surface area (Å²) in [5, 5.41) is 3.49. The Labute approximate surface area is 190 Å². The Bertz CT molecular complexity index is 1290. The van der Waals surface area contributed by atoms with Gasteiger partial charge < -0.3 is 15.1 Å². The molecule has 4 heterocycles. The lowest BCUT2D eigenvalue weighted by Crippen LogP contribution is -2.40. The summed E-state index contributed by atoms with van der Waals surface area (Å²) in [6.07, 6.45) is 3.52. The topological polar surface area (TPSA) is 96.2 Å². The highest BCUT2D eigenvalue weighted by Gasteiger charge is 2.38. The number of para-hydroxylation sites is 1. The zero-order valence-electron chi connectivity index (χ0n) is 18.7. The molecule has 0 saturated carbocycles. The predicted molar refractivity (Wildman–Crippen MR) is 125 cm³/mol. The smallest absolute Gasteiger partial charge is 0.263 e. The van der Waals surface area contributed by atoms with Crippen LogP contribution in [0.4, 0.5) is 21.8 Å². The van der Waals surface area contributed by atoms with Crippen molar-refractivity contribution in [3.8, 4) is 0 Å². The second-order valence-electron chi connectivity index (χ2n) is 8.34. The Morgan fingerprint density at radius 1 is 1.24 bits per heavy atom. The van der Waals surface area contributed by atoms with E-state index in [9.17, 15) is 14.0 Å². The fourth-order valence-corrected chi connectivity index (χ4v) is 4.84. The molecule has 1 fully saturated rings. The van der Waals surface area contributed by atoms with Crippen molar-refractivity contribution < 1.29 is 9.18 Å². The number of hydrogen-bond acceptors (Lipinski definition) is 7. The average molecular weight is 452 g/mol. The second-order valence-corrected chi connectivity index (χ2v) is 8.34. The van der Waals surface area contributed by atoms with Gasteiger partial charge in [0.25, 0.3) is 11.5 Å². The third kappa shape index (κ3) is 3.49. The summed E-state index contributed by atoms with van der Waals surface area (Å²) in [4.78, 5) is 44.3. The standard InChI is InChI=1S/C23H26FN7O2/c1-3-25-23-26-12-17-20(28-23)30-10-5-6-15(30)13-31(22(17)33)18-8-4-7-16-19(18)27-14(2)29(11-9-24)21(16)32/h4,7-8,12,15H,3,5-6,9-11,13H2,1-2H3,(H,25,26,28)/t15-/m0/s1. The lowest BCUT2D eigenvalue weighted by Gasteiger charge is -2.27. The Hall–Kier alpha value is -3.56. The van der Waals surface area contributed by atoms with Crippen LogP contribution in [0.2, 0.25) is 0 Å². The van der Waals surface area contributed by atoms with Crippen LogP contribution in [-0.4, -0.2) is 57.8 Å². The molecule has 1 atom stereocenters. The summed E-state index contributed by atoms with van der Waals surface area (Å²) in [7, 11) is 0. The number of nitrogens with zero attached hydrogens (tertiary/aromatic N) is 6. The SMILES string of the molecule is CCNc1ncc2c(n1)N1CCC[C@H]1CN(c1cccc3c(=O)n(CCF)c(C)nc13)C2=O. The van der Waals surface area contributed by atoms with E-state index >= 15 is 0 Å². The molecule has 2 aliphatic rings. The van der Waals surface area contributed by atoms with E-state index in [-0.39, 0.29) is 24.1 Å². The molecule has 172 valence electrons. The van der Waals surface area contributed by atoms with Crippen molar-refractivity contribution in [1.29, 1.82) is 0 Å². The van der Waals surface area contributed by atoms with Gasteiger partial charge in [0.1, 0.15) is 29.4 Å². The molecule has 2 aromatic heterocycles. The van der Waals surface area contributed by atoms with Gasteiger partial charge in [-0.25, -0.2) is 14.4 Å². The molecule has 10 heteroatoms. The highest BCUT2D eigenvalue weighted by molar-refractivity contribution is 6.13. The number of alkyl halides is 1. The maximum absolute atomic E-state index is 13.8. The van der Waals surface area contributed by atoms with Gasteiger partial charge >= 0.3 is 0 Å². The van der Waals surface area contributed by atoms with Crippen LogP contribution in [0.3, 0.4) is 0 Å². The monoisotopic (exact) mass is 451 g/mol. The molecule has 1 N–H and O–H groups in total. The van der Waals surface area contributed by atoms with Crippen molar-refractivity contribution >= 4 is 34.3 Å². The normalized spacial score (nSPS) is 17.8. The number of hydrogen-bond donors (Lipinski definition) is 1. The van der Waals surface area contributed by atoms with E-state index in [1.54, 1.807) is 30.2 Å². The van der Waals surface area contributed by atoms with Crippen LogP contribution >= 0.6 is 0 Å². The molecule has 0 aliphatic carbocycles. The van der Waals surface area contributed by atoms with E-state index in [1.807, 2.05) is 13.0 Å². The third-order valence-corrected chi connectivity index (χ3v) is 6.38. The number of aromatic nitrogens is 4. The number of nitrogens with one attached hydrogen (secondary N) is 1. The first kappa shape index (κ1) is 21.3. The van der Waals surface area contributed by atoms with E-state index in [2.05, 4.69) is 25.2 Å². The number of rotatable bonds is 5. The van der Waals surface area contributed by atoms with Crippen LogP contribution in [0.1, 0.15) is 35.9 Å². The van der Waals surface area contributed by atoms with Crippen LogP contribution < -0.4 is 20.7 Å². The minimum absolute atomic E-state index is 0.0453. The lowest BCUT2D eigenvalue weighted by atomic mass is 10.1. The zero-order valence-corrected chi connectivity index (χ0v) is 18.7. The van der Waals surface area contributed by atoms with Gasteiger partial charge in [-0.2, -0.15) is 4.98 Å². The van der Waals surface area contributed by atoms with Crippen LogP contribution in [0.25, 0.3) is 10.9 Å². The fraction of sp³-hybridized carbons (Fsp3) is 0.435. The molecule has 0 bridgehead atoms. The predicted octanol–water partition coefficient (Wildman–Crippen LogP) is 2.53. The molecule has 1 saturated heterocycles. The second kappa shape index (κ2) is 8.42. The number of amides is 1. The Morgan fingerprint density at radius 2 is 2.09 bits per heavy atom. The van der Waals surface area contributed by atoms with Gasteiger partial charge in [-0.1, -0.05) is 6.07 Å². The minimum atomic E-state index is -0.651. The maximum atomic E-state index is 13.8. The van der Waals surface area contributed by atoms with Gasteiger partial charge in [0.05, 0.1) is 17.6 Å². The Balaban J connectivity index is 1.67. The number of anilines is 3. The molecule has 33 heavy (non-hydrogen) atoms. The van der Waals surface area contributed by atoms with E-state index in [1.165, 1.54) is 4.57 Å². The molecule has 5 rings (SSSR count). The first-order valence-corrected chi connectivity index (χ1v) is 11.3. The van der Waals surface area contributed by atoms with Crippen LogP contribution in [0.5, 0.6) is 0 Å². The molecule has 0 unspecified atom stereocenters. The van der Waals surface area contributed by atoms with Crippen LogP contribution in [-0.2, 0) is 6.54 Å². The van der Waals surface area contributed by atoms with E-state index < -0.39 is 6.67 Å². The summed E-state index contributed by atoms with van der Waals surface area (Å²) >= 11 is 0. The van der Waals surface area contributed by atoms with Crippen LogP contribution in [0.15, 0.2) is 29.2 Å². The van der Waals surface area contributed by atoms with E-state index in [0.717, 1.165) is 19.4 Å². The number of benzene rings is 1. The summed E-state index contributed by atoms with van der Waals surface area (Å²) in [6, 6.07) is 5.32. The number of aryl methyl sites for hydroxylation is 1. The Kier molecular flexibility index (Phi) is 5.43. The first-order valence-electron chi connectivity index (χ1n) is 11.3. The first-order chi connectivity index (χ1) is 16.0. The molecule has 0 spiro atoms. The number of carbonyl (C=O) groups is 1. The van der Waals surface area contributed by atoms with Crippen LogP contribution in [0, 0.1) is 6.92 Å². The average Bonchev–Trinajstić information content (AvgIpc) is 3.24. The number of fused-ring (bicyclic) bond motifs is 4. The van der Waals surface area contributed by atoms with Crippen molar-refractivity contribution in [2.75, 3.05) is 41.4 Å². The summed E-state index contributed by atoms with van der Waals surface area (Å²) < 4.78 is 14.3. The zero-order chi connectivity index (χ0) is 23.1. The number of halogens is 1. The van der Waals surface area contributed by atoms with Crippen molar-refractivity contribution in [2.45, 2.75) is 39.3 Å². The van der Waals surface area contributed by atoms with E-state index in [0.29, 0.717) is 52.8 Å². The van der Waals surface area contributed by atoms with Gasteiger partial charge in [0.2, 0.25) is 5.95 Å². The number of carbonyl (C=O) groups excluding carboxylic acids is 1. The molecular weight excluding hydrogens is 425 g/mol. The summed E-state index contributed by atoms with van der Waals surface area (Å²) in [5.41, 5.74) is 1.14. The maximum Gasteiger partial charge on any atom is 0.263 e. The van der Waals surface area contributed by atoms with Crippen molar-refractivity contribution in [2.24, 2.45) is 0 Å². The van der Waals surface area contributed by atoms with Gasteiger partial charge in [0, 0.05) is 31.9 Å². The third-order valence-electron chi connectivity index (χ3n) is 6.38. The molecule has 3 aromatic rings. The molecule has 1 aromatic carbocycles. The van der Waals surface area contributed by atoms with Gasteiger partial charge in [-0.3, -0.25) is 14.2 Å². The highest BCUT2D eigenvalue weighted by atomic mass is 19.1. The van der Waals surface area contributed by atoms with Gasteiger partial charge in [0.15, 0.2) is 0 Å². The summed E-state index contributed by atoms with van der Waals surface area (Å²) in [6.45, 7) is 4.92. The van der Waals surface area contributed by atoms with Gasteiger partial charge in [-0.05, 0) is 38.8 Å². The quantitative estimate of drug-likeness (QED) is 0.637. The van der Waals surface area contributed by atoms with Crippen molar-refractivity contribution in [1.82, 2.24) is 19.5 Å². The van der Waals surface area contributed by atoms with Crippen molar-refractivity contribution in [3.63, 3.8) is 0 Å². The molecule has 0 radical (unpaired) electrons. The van der Waals surface area contributed by atoms with E-state index in [4.69, 9.17) is 0 Å². The molecular formula is C23H26FN7O2. The Morgan fingerprint density at radius 3 is 2.88 bits per heavy atom. The molecule has 9 nitrogen and oxygen atoms in total. The minimum Gasteiger partial charge on any atom is -0.354 e. The lowest BCUT2D eigenvalue weighted by molar-refractivity contribution is 0.0988. The molecule has 2 aliphatic heterocycles.